The Morgan fingerprint density at radius 2 is 2.15 bits per heavy atom. The zero-order valence-corrected chi connectivity index (χ0v) is 6.46. The Bertz CT molecular complexity index is 439. The molecule has 0 aliphatic rings. The number of alkyl halides is 2. The summed E-state index contributed by atoms with van der Waals surface area (Å²) in [5, 5.41) is 9.35. The minimum absolute atomic E-state index is 0.179. The van der Waals surface area contributed by atoms with E-state index in [4.69, 9.17) is 0 Å². The van der Waals surface area contributed by atoms with Crippen molar-refractivity contribution in [2.75, 3.05) is 0 Å². The lowest BCUT2D eigenvalue weighted by Crippen LogP contribution is -1.85. The maximum absolute atomic E-state index is 12.3. The number of hydrogen-bond donors (Lipinski definition) is 2. The molecule has 2 rings (SSSR count). The third-order valence-corrected chi connectivity index (χ3v) is 1.83. The lowest BCUT2D eigenvalue weighted by molar-refractivity contribution is 0.148. The van der Waals surface area contributed by atoms with Gasteiger partial charge in [0.2, 0.25) is 0 Å². The first-order chi connectivity index (χ1) is 6.20. The second-order valence-corrected chi connectivity index (χ2v) is 2.60. The van der Waals surface area contributed by atoms with Crippen LogP contribution in [0.2, 0.25) is 0 Å². The third-order valence-electron chi connectivity index (χ3n) is 1.83. The quantitative estimate of drug-likeness (QED) is 0.713. The number of benzene rings is 1. The predicted molar refractivity (Wildman–Crippen MR) is 42.7 cm³/mol. The average Bonchev–Trinajstić information content (AvgIpc) is 2.52. The molecule has 68 valence electrons. The number of nitrogens with one attached hydrogen (secondary N) is 1. The molecule has 0 amide bonds. The highest BCUT2D eigenvalue weighted by molar-refractivity contribution is 5.82. The summed E-state index contributed by atoms with van der Waals surface area (Å²) in [5.41, 5.74) is 0.333. The average molecular weight is 184 g/mol. The van der Waals surface area contributed by atoms with Crippen molar-refractivity contribution in [3.8, 4) is 5.75 Å². The summed E-state index contributed by atoms with van der Waals surface area (Å²) in [7, 11) is 0. The summed E-state index contributed by atoms with van der Waals surface area (Å²) < 4.78 is 24.5. The Hall–Kier alpha value is -1.65. The predicted octanol–water partition coefficient (Wildman–Crippen LogP) is 2.21. The number of phenolic OH excluding ortho intramolecular Hbond substituents is 1. The number of phenols is 1. The molecule has 3 nitrogen and oxygen atoms in total. The van der Waals surface area contributed by atoms with E-state index in [1.54, 1.807) is 0 Å². The van der Waals surface area contributed by atoms with Gasteiger partial charge in [0.1, 0.15) is 5.52 Å². The molecule has 0 aliphatic heterocycles. The molecule has 1 aromatic carbocycles. The number of imidazole rings is 1. The van der Waals surface area contributed by atoms with Crippen molar-refractivity contribution in [3.63, 3.8) is 0 Å². The van der Waals surface area contributed by atoms with Crippen molar-refractivity contribution in [2.24, 2.45) is 0 Å². The molecule has 0 spiro atoms. The van der Waals surface area contributed by atoms with Gasteiger partial charge in [-0.15, -0.1) is 0 Å². The van der Waals surface area contributed by atoms with Crippen molar-refractivity contribution < 1.29 is 13.9 Å². The van der Waals surface area contributed by atoms with Crippen LogP contribution in [0.15, 0.2) is 18.5 Å². The minimum atomic E-state index is -2.68. The monoisotopic (exact) mass is 184 g/mol. The fraction of sp³-hybridized carbons (Fsp3) is 0.125. The fourth-order valence-corrected chi connectivity index (χ4v) is 1.18. The van der Waals surface area contributed by atoms with Gasteiger partial charge in [-0.05, 0) is 12.1 Å². The topological polar surface area (TPSA) is 48.9 Å². The third kappa shape index (κ3) is 1.12. The van der Waals surface area contributed by atoms with Crippen LogP contribution in [0.5, 0.6) is 5.75 Å². The Kier molecular flexibility index (Phi) is 1.65. The molecule has 1 heterocycles. The highest BCUT2D eigenvalue weighted by Gasteiger charge is 2.15. The van der Waals surface area contributed by atoms with Crippen molar-refractivity contribution in [1.82, 2.24) is 9.97 Å². The van der Waals surface area contributed by atoms with Crippen LogP contribution < -0.4 is 0 Å². The summed E-state index contributed by atoms with van der Waals surface area (Å²) in [4.78, 5) is 6.43. The summed E-state index contributed by atoms with van der Waals surface area (Å²) in [6, 6.07) is 2.64. The number of aromatic amines is 1. The minimum Gasteiger partial charge on any atom is -0.505 e. The zero-order valence-electron chi connectivity index (χ0n) is 6.46. The number of aromatic nitrogens is 2. The first-order valence-corrected chi connectivity index (χ1v) is 3.63. The molecule has 0 bridgehead atoms. The van der Waals surface area contributed by atoms with E-state index >= 15 is 0 Å². The molecule has 0 unspecified atom stereocenters. The molecule has 0 saturated carbocycles. The number of hydrogen-bond acceptors (Lipinski definition) is 2. The van der Waals surface area contributed by atoms with Gasteiger partial charge in [0.05, 0.1) is 17.4 Å². The van der Waals surface area contributed by atoms with Gasteiger partial charge in [0, 0.05) is 0 Å². The Balaban J connectivity index is 2.73. The van der Waals surface area contributed by atoms with Crippen molar-refractivity contribution in [3.05, 3.63) is 24.0 Å². The van der Waals surface area contributed by atoms with Gasteiger partial charge < -0.3 is 10.1 Å². The number of H-pyrrole nitrogens is 1. The molecule has 0 fully saturated rings. The molecule has 0 saturated heterocycles. The van der Waals surface area contributed by atoms with Crippen LogP contribution in [-0.4, -0.2) is 15.1 Å². The Labute approximate surface area is 72.0 Å². The molecule has 13 heavy (non-hydrogen) atoms. The highest BCUT2D eigenvalue weighted by Crippen LogP contribution is 2.32. The molecule has 2 aromatic rings. The fourth-order valence-electron chi connectivity index (χ4n) is 1.18. The van der Waals surface area contributed by atoms with Gasteiger partial charge in [0.25, 0.3) is 6.43 Å². The molecule has 0 atom stereocenters. The van der Waals surface area contributed by atoms with E-state index in [1.807, 2.05) is 0 Å². The van der Waals surface area contributed by atoms with Gasteiger partial charge in [0.15, 0.2) is 5.75 Å². The maximum atomic E-state index is 12.3. The van der Waals surface area contributed by atoms with Crippen LogP contribution in [-0.2, 0) is 0 Å². The van der Waals surface area contributed by atoms with Gasteiger partial charge in [-0.25, -0.2) is 13.8 Å². The van der Waals surface area contributed by atoms with E-state index in [-0.39, 0.29) is 11.1 Å². The largest absolute Gasteiger partial charge is 0.505 e. The van der Waals surface area contributed by atoms with Crippen LogP contribution in [0.1, 0.15) is 12.0 Å². The van der Waals surface area contributed by atoms with E-state index in [0.717, 1.165) is 0 Å². The molecule has 0 radical (unpaired) electrons. The van der Waals surface area contributed by atoms with Crippen LogP contribution in [0, 0.1) is 0 Å². The second-order valence-electron chi connectivity index (χ2n) is 2.60. The van der Waals surface area contributed by atoms with E-state index in [1.165, 1.54) is 18.5 Å². The van der Waals surface area contributed by atoms with Crippen LogP contribution >= 0.6 is 0 Å². The van der Waals surface area contributed by atoms with E-state index in [0.29, 0.717) is 5.52 Å². The van der Waals surface area contributed by atoms with E-state index in [9.17, 15) is 13.9 Å². The highest BCUT2D eigenvalue weighted by atomic mass is 19.3. The lowest BCUT2D eigenvalue weighted by Gasteiger charge is -2.02. The molecule has 2 N–H and O–H groups in total. The molecule has 0 aliphatic carbocycles. The molecular formula is C8H6F2N2O. The summed E-state index contributed by atoms with van der Waals surface area (Å²) >= 11 is 0. The molecule has 1 aromatic heterocycles. The van der Waals surface area contributed by atoms with Gasteiger partial charge >= 0.3 is 0 Å². The SMILES string of the molecule is Oc1c(C(F)F)ccc2[nH]cnc12. The van der Waals surface area contributed by atoms with Gasteiger partial charge in [-0.3, -0.25) is 0 Å². The first-order valence-electron chi connectivity index (χ1n) is 3.63. The van der Waals surface area contributed by atoms with Crippen molar-refractivity contribution in [2.45, 2.75) is 6.43 Å². The van der Waals surface area contributed by atoms with Crippen molar-refractivity contribution in [1.29, 1.82) is 0 Å². The number of nitrogens with zero attached hydrogens (tertiary/aromatic N) is 1. The van der Waals surface area contributed by atoms with Crippen LogP contribution in [0.25, 0.3) is 11.0 Å². The Morgan fingerprint density at radius 1 is 1.38 bits per heavy atom. The van der Waals surface area contributed by atoms with Crippen LogP contribution in [0.3, 0.4) is 0 Å². The van der Waals surface area contributed by atoms with E-state index < -0.39 is 12.2 Å². The lowest BCUT2D eigenvalue weighted by atomic mass is 10.2. The van der Waals surface area contributed by atoms with Gasteiger partial charge in [-0.2, -0.15) is 0 Å². The normalized spacial score (nSPS) is 11.3. The smallest absolute Gasteiger partial charge is 0.267 e. The molecular weight excluding hydrogens is 178 g/mol. The maximum Gasteiger partial charge on any atom is 0.267 e. The zero-order chi connectivity index (χ0) is 9.42. The summed E-state index contributed by atoms with van der Waals surface area (Å²) in [5.74, 6) is -0.450. The molecule has 5 heteroatoms. The van der Waals surface area contributed by atoms with Crippen molar-refractivity contribution >= 4 is 11.0 Å². The number of aromatic hydroxyl groups is 1. The standard InChI is InChI=1S/C8H6F2N2O/c9-8(10)4-1-2-5-6(7(4)13)12-3-11-5/h1-3,8,13H,(H,11,12). The van der Waals surface area contributed by atoms with E-state index in [2.05, 4.69) is 9.97 Å². The second kappa shape index (κ2) is 2.69. The summed E-state index contributed by atoms with van der Waals surface area (Å²) in [6.45, 7) is 0. The Morgan fingerprint density at radius 3 is 2.85 bits per heavy atom. The number of halogens is 2. The van der Waals surface area contributed by atoms with Crippen LogP contribution in [0.4, 0.5) is 8.78 Å². The number of rotatable bonds is 1. The summed E-state index contributed by atoms with van der Waals surface area (Å²) in [6.07, 6.45) is -1.33. The first kappa shape index (κ1) is 7.97. The van der Waals surface area contributed by atoms with Gasteiger partial charge in [-0.1, -0.05) is 0 Å². The number of fused-ring (bicyclic) bond motifs is 1.